The summed E-state index contributed by atoms with van der Waals surface area (Å²) in [4.78, 5) is 11.6. The van der Waals surface area contributed by atoms with Crippen LogP contribution in [0.5, 0.6) is 0 Å². The van der Waals surface area contributed by atoms with Crippen LogP contribution in [0.4, 0.5) is 0 Å². The number of nitrogens with one attached hydrogen (secondary N) is 1. The first-order valence-corrected chi connectivity index (χ1v) is 5.55. The van der Waals surface area contributed by atoms with Crippen LogP contribution in [0.1, 0.15) is 33.6 Å². The second kappa shape index (κ2) is 7.65. The van der Waals surface area contributed by atoms with E-state index in [1.807, 2.05) is 20.8 Å². The Morgan fingerprint density at radius 2 is 2.07 bits per heavy atom. The van der Waals surface area contributed by atoms with Crippen LogP contribution in [-0.2, 0) is 9.53 Å². The van der Waals surface area contributed by atoms with Gasteiger partial charge in [0.25, 0.3) is 0 Å². The van der Waals surface area contributed by atoms with Crippen molar-refractivity contribution in [2.45, 2.75) is 45.7 Å². The van der Waals surface area contributed by atoms with Gasteiger partial charge in [-0.25, -0.2) is 0 Å². The van der Waals surface area contributed by atoms with Crippen LogP contribution in [0.3, 0.4) is 0 Å². The minimum absolute atomic E-state index is 0.0140. The van der Waals surface area contributed by atoms with Gasteiger partial charge >= 0.3 is 0 Å². The van der Waals surface area contributed by atoms with E-state index in [1.54, 1.807) is 7.11 Å². The number of rotatable bonds is 7. The number of hydrogen-bond donors (Lipinski definition) is 2. The minimum Gasteiger partial charge on any atom is -0.383 e. The smallest absolute Gasteiger partial charge is 0.221 e. The first-order chi connectivity index (χ1) is 7.01. The average Bonchev–Trinajstić information content (AvgIpc) is 2.16. The Kier molecular flexibility index (Phi) is 7.34. The van der Waals surface area contributed by atoms with Crippen molar-refractivity contribution in [3.63, 3.8) is 0 Å². The molecule has 3 N–H and O–H groups in total. The van der Waals surface area contributed by atoms with Gasteiger partial charge in [0.1, 0.15) is 0 Å². The summed E-state index contributed by atoms with van der Waals surface area (Å²) in [6, 6.07) is 0.0342. The van der Waals surface area contributed by atoms with Crippen LogP contribution in [0.2, 0.25) is 0 Å². The zero-order valence-electron chi connectivity index (χ0n) is 10.2. The molecule has 0 aromatic heterocycles. The third kappa shape index (κ3) is 6.47. The Morgan fingerprint density at radius 1 is 1.47 bits per heavy atom. The van der Waals surface area contributed by atoms with E-state index < -0.39 is 0 Å². The molecule has 0 aliphatic rings. The number of amides is 1. The van der Waals surface area contributed by atoms with E-state index in [1.165, 1.54) is 0 Å². The molecule has 2 atom stereocenters. The summed E-state index contributed by atoms with van der Waals surface area (Å²) in [6.07, 6.45) is 1.26. The lowest BCUT2D eigenvalue weighted by atomic mass is 10.0. The summed E-state index contributed by atoms with van der Waals surface area (Å²) in [5, 5.41) is 2.91. The molecule has 0 aliphatic carbocycles. The van der Waals surface area contributed by atoms with E-state index >= 15 is 0 Å². The van der Waals surface area contributed by atoms with Gasteiger partial charge in [0.15, 0.2) is 0 Å². The zero-order chi connectivity index (χ0) is 11.8. The molecule has 0 radical (unpaired) electrons. The van der Waals surface area contributed by atoms with Crippen molar-refractivity contribution in [2.24, 2.45) is 11.7 Å². The SMILES string of the molecule is CCC(COC)NC(=O)CC(N)C(C)C. The summed E-state index contributed by atoms with van der Waals surface area (Å²) in [6.45, 7) is 6.61. The lowest BCUT2D eigenvalue weighted by Gasteiger charge is -2.19. The van der Waals surface area contributed by atoms with Crippen molar-refractivity contribution >= 4 is 5.91 Å². The summed E-state index contributed by atoms with van der Waals surface area (Å²) < 4.78 is 5.00. The molecule has 0 saturated carbocycles. The zero-order valence-corrected chi connectivity index (χ0v) is 10.2. The Hall–Kier alpha value is -0.610. The highest BCUT2D eigenvalue weighted by Crippen LogP contribution is 2.03. The maximum absolute atomic E-state index is 11.6. The molecule has 2 unspecified atom stereocenters. The Morgan fingerprint density at radius 3 is 2.47 bits per heavy atom. The highest BCUT2D eigenvalue weighted by molar-refractivity contribution is 5.76. The van der Waals surface area contributed by atoms with Crippen LogP contribution in [0, 0.1) is 5.92 Å². The van der Waals surface area contributed by atoms with Gasteiger partial charge in [-0.1, -0.05) is 20.8 Å². The molecule has 0 aromatic carbocycles. The molecule has 0 heterocycles. The quantitative estimate of drug-likeness (QED) is 0.664. The predicted octanol–water partition coefficient (Wildman–Crippen LogP) is 0.901. The molecule has 90 valence electrons. The van der Waals surface area contributed by atoms with Gasteiger partial charge in [-0.05, 0) is 12.3 Å². The van der Waals surface area contributed by atoms with E-state index in [-0.39, 0.29) is 18.0 Å². The molecule has 4 heteroatoms. The largest absolute Gasteiger partial charge is 0.383 e. The Balaban J connectivity index is 3.90. The molecule has 0 bridgehead atoms. The molecule has 0 aliphatic heterocycles. The second-order valence-corrected chi connectivity index (χ2v) is 4.24. The number of ether oxygens (including phenoxy) is 1. The maximum atomic E-state index is 11.6. The van der Waals surface area contributed by atoms with Crippen molar-refractivity contribution in [1.82, 2.24) is 5.32 Å². The fraction of sp³-hybridized carbons (Fsp3) is 0.909. The lowest BCUT2D eigenvalue weighted by molar-refractivity contribution is -0.122. The van der Waals surface area contributed by atoms with Gasteiger partial charge < -0.3 is 15.8 Å². The van der Waals surface area contributed by atoms with Crippen LogP contribution in [-0.4, -0.2) is 31.7 Å². The van der Waals surface area contributed by atoms with Crippen molar-refractivity contribution in [2.75, 3.05) is 13.7 Å². The maximum Gasteiger partial charge on any atom is 0.221 e. The molecule has 0 aromatic rings. The van der Waals surface area contributed by atoms with Gasteiger partial charge in [-0.15, -0.1) is 0 Å². The highest BCUT2D eigenvalue weighted by atomic mass is 16.5. The average molecular weight is 216 g/mol. The van der Waals surface area contributed by atoms with E-state index in [0.29, 0.717) is 18.9 Å². The standard InChI is InChI=1S/C11H24N2O2/c1-5-9(7-15-4)13-11(14)6-10(12)8(2)3/h8-10H,5-7,12H2,1-4H3,(H,13,14). The van der Waals surface area contributed by atoms with Gasteiger partial charge in [-0.3, -0.25) is 4.79 Å². The molecule has 4 nitrogen and oxygen atoms in total. The van der Waals surface area contributed by atoms with Crippen LogP contribution < -0.4 is 11.1 Å². The van der Waals surface area contributed by atoms with Gasteiger partial charge in [0, 0.05) is 19.6 Å². The summed E-state index contributed by atoms with van der Waals surface area (Å²) in [7, 11) is 1.63. The van der Waals surface area contributed by atoms with Crippen molar-refractivity contribution in [1.29, 1.82) is 0 Å². The van der Waals surface area contributed by atoms with Crippen LogP contribution >= 0.6 is 0 Å². The third-order valence-corrected chi connectivity index (χ3v) is 2.50. The number of nitrogens with two attached hydrogens (primary N) is 1. The van der Waals surface area contributed by atoms with Crippen LogP contribution in [0.15, 0.2) is 0 Å². The monoisotopic (exact) mass is 216 g/mol. The second-order valence-electron chi connectivity index (χ2n) is 4.24. The van der Waals surface area contributed by atoms with E-state index in [9.17, 15) is 4.79 Å². The van der Waals surface area contributed by atoms with Crippen LogP contribution in [0.25, 0.3) is 0 Å². The molecular weight excluding hydrogens is 192 g/mol. The molecular formula is C11H24N2O2. The summed E-state index contributed by atoms with van der Waals surface area (Å²) in [5.74, 6) is 0.346. The van der Waals surface area contributed by atoms with E-state index in [2.05, 4.69) is 5.32 Å². The topological polar surface area (TPSA) is 64.3 Å². The van der Waals surface area contributed by atoms with E-state index in [4.69, 9.17) is 10.5 Å². The van der Waals surface area contributed by atoms with Gasteiger partial charge in [-0.2, -0.15) is 0 Å². The number of hydrogen-bond acceptors (Lipinski definition) is 3. The molecule has 0 rings (SSSR count). The predicted molar refractivity (Wildman–Crippen MR) is 61.5 cm³/mol. The fourth-order valence-corrected chi connectivity index (χ4v) is 1.20. The lowest BCUT2D eigenvalue weighted by Crippen LogP contribution is -2.41. The first-order valence-electron chi connectivity index (χ1n) is 5.55. The number of carbonyl (C=O) groups excluding carboxylic acids is 1. The van der Waals surface area contributed by atoms with E-state index in [0.717, 1.165) is 6.42 Å². The normalized spacial score (nSPS) is 15.1. The van der Waals surface area contributed by atoms with Crippen molar-refractivity contribution in [3.05, 3.63) is 0 Å². The molecule has 15 heavy (non-hydrogen) atoms. The Bertz CT molecular complexity index is 183. The molecule has 0 spiro atoms. The molecule has 1 amide bonds. The first kappa shape index (κ1) is 14.4. The van der Waals surface area contributed by atoms with Gasteiger partial charge in [0.2, 0.25) is 5.91 Å². The molecule has 0 fully saturated rings. The number of methoxy groups -OCH3 is 1. The van der Waals surface area contributed by atoms with Crippen molar-refractivity contribution in [3.8, 4) is 0 Å². The summed E-state index contributed by atoms with van der Waals surface area (Å²) >= 11 is 0. The number of carbonyl (C=O) groups is 1. The van der Waals surface area contributed by atoms with Crippen molar-refractivity contribution < 1.29 is 9.53 Å². The Labute approximate surface area is 92.6 Å². The van der Waals surface area contributed by atoms with Gasteiger partial charge in [0.05, 0.1) is 12.6 Å². The minimum atomic E-state index is -0.0648. The summed E-state index contributed by atoms with van der Waals surface area (Å²) in [5.41, 5.74) is 5.82. The fourth-order valence-electron chi connectivity index (χ4n) is 1.20. The highest BCUT2D eigenvalue weighted by Gasteiger charge is 2.15. The molecule has 0 saturated heterocycles. The third-order valence-electron chi connectivity index (χ3n) is 2.50.